The second kappa shape index (κ2) is 4.42. The number of rotatable bonds is 4. The van der Waals surface area contributed by atoms with Gasteiger partial charge in [0, 0.05) is 32.0 Å². The topological polar surface area (TPSA) is 66.6 Å². The zero-order chi connectivity index (χ0) is 8.97. The van der Waals surface area contributed by atoms with Crippen molar-refractivity contribution in [3.8, 4) is 0 Å². The first-order chi connectivity index (χ1) is 5.77. The molecule has 0 saturated carbocycles. The lowest BCUT2D eigenvalue weighted by atomic mass is 10.1. The van der Waals surface area contributed by atoms with Gasteiger partial charge in [-0.1, -0.05) is 0 Å². The summed E-state index contributed by atoms with van der Waals surface area (Å²) in [6, 6.07) is 0. The van der Waals surface area contributed by atoms with Crippen LogP contribution in [0.1, 0.15) is 12.8 Å². The summed E-state index contributed by atoms with van der Waals surface area (Å²) in [4.78, 5) is 13.0. The molecule has 1 atom stereocenters. The van der Waals surface area contributed by atoms with Crippen molar-refractivity contribution in [2.45, 2.75) is 12.8 Å². The van der Waals surface area contributed by atoms with Crippen LogP contribution in [0.5, 0.6) is 0 Å². The van der Waals surface area contributed by atoms with Gasteiger partial charge in [0.05, 0.1) is 0 Å². The van der Waals surface area contributed by atoms with Crippen LogP contribution in [0.4, 0.5) is 0 Å². The Morgan fingerprint density at radius 1 is 1.67 bits per heavy atom. The molecule has 1 rings (SSSR count). The van der Waals surface area contributed by atoms with Gasteiger partial charge < -0.3 is 15.7 Å². The number of carbonyl (C=O) groups is 1. The molecule has 12 heavy (non-hydrogen) atoms. The average molecular weight is 172 g/mol. The molecule has 4 nitrogen and oxygen atoms in total. The third-order valence-electron chi connectivity index (χ3n) is 2.18. The van der Waals surface area contributed by atoms with E-state index in [0.29, 0.717) is 19.5 Å². The van der Waals surface area contributed by atoms with E-state index in [9.17, 15) is 4.79 Å². The number of hydrogen-bond acceptors (Lipinski definition) is 3. The molecule has 0 bridgehead atoms. The monoisotopic (exact) mass is 172 g/mol. The summed E-state index contributed by atoms with van der Waals surface area (Å²) in [5, 5.41) is 8.82. The molecule has 70 valence electrons. The lowest BCUT2D eigenvalue weighted by molar-refractivity contribution is -0.127. The molecule has 0 aliphatic carbocycles. The summed E-state index contributed by atoms with van der Waals surface area (Å²) in [5.74, 6) is 0.303. The van der Waals surface area contributed by atoms with E-state index in [1.54, 1.807) is 4.90 Å². The Morgan fingerprint density at radius 2 is 2.42 bits per heavy atom. The third kappa shape index (κ3) is 2.19. The van der Waals surface area contributed by atoms with E-state index >= 15 is 0 Å². The number of hydrogen-bond donors (Lipinski definition) is 2. The summed E-state index contributed by atoms with van der Waals surface area (Å²) in [6.07, 6.45) is 1.35. The van der Waals surface area contributed by atoms with E-state index in [2.05, 4.69) is 0 Å². The van der Waals surface area contributed by atoms with Crippen molar-refractivity contribution in [3.05, 3.63) is 0 Å². The maximum absolute atomic E-state index is 11.2. The van der Waals surface area contributed by atoms with Gasteiger partial charge in [0.25, 0.3) is 0 Å². The Balaban J connectivity index is 2.31. The second-order valence-electron chi connectivity index (χ2n) is 3.23. The molecule has 1 heterocycles. The minimum absolute atomic E-state index is 0.116. The molecule has 1 fully saturated rings. The highest BCUT2D eigenvalue weighted by molar-refractivity contribution is 5.78. The maximum atomic E-state index is 11.2. The van der Waals surface area contributed by atoms with Crippen LogP contribution in [0.2, 0.25) is 0 Å². The number of nitrogens with zero attached hydrogens (tertiary/aromatic N) is 1. The van der Waals surface area contributed by atoms with Gasteiger partial charge in [-0.2, -0.15) is 0 Å². The van der Waals surface area contributed by atoms with E-state index in [0.717, 1.165) is 13.0 Å². The van der Waals surface area contributed by atoms with Crippen molar-refractivity contribution in [2.24, 2.45) is 11.7 Å². The first-order valence-electron chi connectivity index (χ1n) is 4.36. The van der Waals surface area contributed by atoms with Gasteiger partial charge in [0.1, 0.15) is 0 Å². The van der Waals surface area contributed by atoms with Crippen LogP contribution in [0.3, 0.4) is 0 Å². The van der Waals surface area contributed by atoms with Gasteiger partial charge in [-0.15, -0.1) is 0 Å². The molecule has 1 saturated heterocycles. The van der Waals surface area contributed by atoms with Crippen molar-refractivity contribution >= 4 is 5.91 Å². The zero-order valence-electron chi connectivity index (χ0n) is 7.20. The zero-order valence-corrected chi connectivity index (χ0v) is 7.20. The minimum Gasteiger partial charge on any atom is -0.396 e. The van der Waals surface area contributed by atoms with Crippen molar-refractivity contribution < 1.29 is 9.90 Å². The number of carbonyl (C=O) groups excluding carboxylic acids is 1. The molecule has 0 aromatic heterocycles. The van der Waals surface area contributed by atoms with E-state index in [-0.39, 0.29) is 18.4 Å². The SMILES string of the molecule is NCCCN1C[C@H](CO)CC1=O. The lowest BCUT2D eigenvalue weighted by Gasteiger charge is -2.14. The molecule has 0 radical (unpaired) electrons. The highest BCUT2D eigenvalue weighted by Crippen LogP contribution is 2.16. The summed E-state index contributed by atoms with van der Waals surface area (Å²) >= 11 is 0. The molecular formula is C8H16N2O2. The highest BCUT2D eigenvalue weighted by Gasteiger charge is 2.27. The third-order valence-corrected chi connectivity index (χ3v) is 2.18. The maximum Gasteiger partial charge on any atom is 0.223 e. The van der Waals surface area contributed by atoms with Crippen molar-refractivity contribution in [2.75, 3.05) is 26.2 Å². The number of likely N-dealkylation sites (tertiary alicyclic amines) is 1. The average Bonchev–Trinajstić information content (AvgIpc) is 2.43. The minimum atomic E-state index is 0.116. The molecule has 1 amide bonds. The molecular weight excluding hydrogens is 156 g/mol. The van der Waals surface area contributed by atoms with E-state index in [1.165, 1.54) is 0 Å². The van der Waals surface area contributed by atoms with Crippen LogP contribution < -0.4 is 5.73 Å². The first-order valence-corrected chi connectivity index (χ1v) is 4.36. The second-order valence-corrected chi connectivity index (χ2v) is 3.23. The Hall–Kier alpha value is -0.610. The molecule has 1 aliphatic rings. The molecule has 3 N–H and O–H groups in total. The fraction of sp³-hybridized carbons (Fsp3) is 0.875. The normalized spacial score (nSPS) is 23.7. The Bertz CT molecular complexity index is 161. The van der Waals surface area contributed by atoms with E-state index in [1.807, 2.05) is 0 Å². The van der Waals surface area contributed by atoms with Gasteiger partial charge in [-0.3, -0.25) is 4.79 Å². The highest BCUT2D eigenvalue weighted by atomic mass is 16.3. The molecule has 0 spiro atoms. The number of aliphatic hydroxyl groups is 1. The van der Waals surface area contributed by atoms with E-state index in [4.69, 9.17) is 10.8 Å². The first kappa shape index (κ1) is 9.48. The quantitative estimate of drug-likeness (QED) is 0.582. The molecule has 0 aromatic carbocycles. The molecule has 0 unspecified atom stereocenters. The smallest absolute Gasteiger partial charge is 0.223 e. The summed E-state index contributed by atoms with van der Waals surface area (Å²) in [6.45, 7) is 2.18. The van der Waals surface area contributed by atoms with Crippen molar-refractivity contribution in [1.29, 1.82) is 0 Å². The molecule has 1 aliphatic heterocycles. The fourth-order valence-electron chi connectivity index (χ4n) is 1.47. The van der Waals surface area contributed by atoms with Gasteiger partial charge in [0.15, 0.2) is 0 Å². The fourth-order valence-corrected chi connectivity index (χ4v) is 1.47. The lowest BCUT2D eigenvalue weighted by Crippen LogP contribution is -2.28. The standard InChI is InChI=1S/C8H16N2O2/c9-2-1-3-10-5-7(6-11)4-8(10)12/h7,11H,1-6,9H2/t7-/m1/s1. The number of nitrogens with two attached hydrogens (primary N) is 1. The van der Waals surface area contributed by atoms with Crippen molar-refractivity contribution in [1.82, 2.24) is 4.90 Å². The summed E-state index contributed by atoms with van der Waals surface area (Å²) in [5.41, 5.74) is 5.33. The van der Waals surface area contributed by atoms with Gasteiger partial charge >= 0.3 is 0 Å². The Kier molecular flexibility index (Phi) is 3.49. The van der Waals surface area contributed by atoms with Crippen LogP contribution >= 0.6 is 0 Å². The van der Waals surface area contributed by atoms with E-state index < -0.39 is 0 Å². The molecule has 0 aromatic rings. The van der Waals surface area contributed by atoms with Crippen LogP contribution in [0, 0.1) is 5.92 Å². The predicted octanol–water partition coefficient (Wildman–Crippen LogP) is -0.824. The number of aliphatic hydroxyl groups excluding tert-OH is 1. The van der Waals surface area contributed by atoms with Gasteiger partial charge in [-0.25, -0.2) is 0 Å². The van der Waals surface area contributed by atoms with Gasteiger partial charge in [0.2, 0.25) is 5.91 Å². The summed E-state index contributed by atoms with van der Waals surface area (Å²) in [7, 11) is 0. The van der Waals surface area contributed by atoms with Crippen LogP contribution in [0.25, 0.3) is 0 Å². The van der Waals surface area contributed by atoms with Crippen LogP contribution in [0.15, 0.2) is 0 Å². The van der Waals surface area contributed by atoms with Gasteiger partial charge in [-0.05, 0) is 13.0 Å². The Morgan fingerprint density at radius 3 is 2.92 bits per heavy atom. The van der Waals surface area contributed by atoms with Crippen LogP contribution in [-0.2, 0) is 4.79 Å². The predicted molar refractivity (Wildman–Crippen MR) is 45.4 cm³/mol. The Labute approximate surface area is 72.3 Å². The largest absolute Gasteiger partial charge is 0.396 e. The van der Waals surface area contributed by atoms with Crippen LogP contribution in [-0.4, -0.2) is 42.2 Å². The van der Waals surface area contributed by atoms with Crippen molar-refractivity contribution in [3.63, 3.8) is 0 Å². The summed E-state index contributed by atoms with van der Waals surface area (Å²) < 4.78 is 0. The molecule has 4 heteroatoms. The number of amides is 1.